The lowest BCUT2D eigenvalue weighted by atomic mass is 9.95. The van der Waals surface area contributed by atoms with Crippen molar-refractivity contribution < 1.29 is 14.7 Å². The number of aliphatic hydroxyl groups is 1. The summed E-state index contributed by atoms with van der Waals surface area (Å²) in [4.78, 5) is 34.6. The average molecular weight is 468 g/mol. The van der Waals surface area contributed by atoms with Crippen LogP contribution in [0.25, 0.3) is 5.76 Å². The van der Waals surface area contributed by atoms with Crippen LogP contribution in [0.4, 0.5) is 11.4 Å². The molecule has 0 spiro atoms. The zero-order chi connectivity index (χ0) is 24.4. The molecule has 1 unspecified atom stereocenters. The average Bonchev–Trinajstić information content (AvgIpc) is 3.19. The fourth-order valence-corrected chi connectivity index (χ4v) is 4.98. The van der Waals surface area contributed by atoms with Crippen molar-refractivity contribution in [3.05, 3.63) is 95.3 Å². The van der Waals surface area contributed by atoms with Crippen LogP contribution in [-0.2, 0) is 16.0 Å². The van der Waals surface area contributed by atoms with Crippen LogP contribution in [-0.4, -0.2) is 34.9 Å². The molecule has 0 bridgehead atoms. The molecule has 178 valence electrons. The van der Waals surface area contributed by atoms with E-state index in [1.807, 2.05) is 42.5 Å². The zero-order valence-electron chi connectivity index (χ0n) is 19.9. The highest BCUT2D eigenvalue weighted by molar-refractivity contribution is 6.51. The Hall–Kier alpha value is -3.93. The number of aliphatic hydroxyl groups excluding tert-OH is 1. The minimum atomic E-state index is -0.768. The van der Waals surface area contributed by atoms with E-state index in [4.69, 9.17) is 0 Å². The number of nitrogens with zero attached hydrogens (tertiary/aromatic N) is 3. The largest absolute Gasteiger partial charge is 0.507 e. The highest BCUT2D eigenvalue weighted by Crippen LogP contribution is 2.42. The topological polar surface area (TPSA) is 73.7 Å². The molecular formula is C29H29N3O3. The van der Waals surface area contributed by atoms with Crippen molar-refractivity contribution in [1.82, 2.24) is 4.98 Å². The summed E-state index contributed by atoms with van der Waals surface area (Å²) in [7, 11) is 0. The number of Topliss-reactive ketones (excluding diaryl/α,β-unsaturated/α-hetero) is 1. The predicted molar refractivity (Wildman–Crippen MR) is 137 cm³/mol. The van der Waals surface area contributed by atoms with Gasteiger partial charge in [0.2, 0.25) is 0 Å². The number of rotatable bonds is 5. The van der Waals surface area contributed by atoms with E-state index in [0.717, 1.165) is 30.8 Å². The third kappa shape index (κ3) is 4.32. The van der Waals surface area contributed by atoms with Gasteiger partial charge in [-0.1, -0.05) is 37.3 Å². The van der Waals surface area contributed by atoms with E-state index < -0.39 is 17.7 Å². The van der Waals surface area contributed by atoms with Gasteiger partial charge in [0.15, 0.2) is 0 Å². The molecule has 0 saturated carbocycles. The smallest absolute Gasteiger partial charge is 0.300 e. The quantitative estimate of drug-likeness (QED) is 0.315. The number of carbonyl (C=O) groups excluding carboxylic acids is 2. The van der Waals surface area contributed by atoms with Crippen molar-refractivity contribution in [3.63, 3.8) is 0 Å². The first-order valence-corrected chi connectivity index (χ1v) is 12.2. The monoisotopic (exact) mass is 467 g/mol. The maximum absolute atomic E-state index is 13.3. The molecule has 1 N–H and O–H groups in total. The van der Waals surface area contributed by atoms with Gasteiger partial charge in [-0.05, 0) is 67.1 Å². The molecule has 2 aliphatic heterocycles. The third-order valence-electron chi connectivity index (χ3n) is 6.93. The maximum Gasteiger partial charge on any atom is 0.300 e. The summed E-state index contributed by atoms with van der Waals surface area (Å²) in [5.41, 5.74) is 4.10. The Morgan fingerprint density at radius 3 is 2.26 bits per heavy atom. The molecule has 2 fully saturated rings. The first-order chi connectivity index (χ1) is 17.1. The van der Waals surface area contributed by atoms with E-state index in [0.29, 0.717) is 16.8 Å². The summed E-state index contributed by atoms with van der Waals surface area (Å²) >= 11 is 0. The van der Waals surface area contributed by atoms with Crippen LogP contribution in [0.15, 0.2) is 78.6 Å². The van der Waals surface area contributed by atoms with E-state index in [1.165, 1.54) is 24.2 Å². The SMILES string of the molecule is CCc1ccc(/C(O)=C2\C(=O)C(=O)N(c3ccc(N4CCCCC4)cc3)C2c2cccnc2)cc1. The van der Waals surface area contributed by atoms with Gasteiger partial charge in [0, 0.05) is 42.4 Å². The number of amides is 1. The summed E-state index contributed by atoms with van der Waals surface area (Å²) in [5.74, 6) is -1.53. The molecule has 6 nitrogen and oxygen atoms in total. The van der Waals surface area contributed by atoms with E-state index in [2.05, 4.69) is 16.8 Å². The summed E-state index contributed by atoms with van der Waals surface area (Å²) in [6.45, 7) is 4.10. The van der Waals surface area contributed by atoms with Crippen LogP contribution in [0.1, 0.15) is 48.9 Å². The highest BCUT2D eigenvalue weighted by Gasteiger charge is 2.47. The number of piperidine rings is 1. The number of hydrogen-bond acceptors (Lipinski definition) is 5. The van der Waals surface area contributed by atoms with Gasteiger partial charge in [-0.3, -0.25) is 19.5 Å². The second-order valence-corrected chi connectivity index (χ2v) is 9.07. The first-order valence-electron chi connectivity index (χ1n) is 12.2. The van der Waals surface area contributed by atoms with Crippen LogP contribution in [0.5, 0.6) is 0 Å². The van der Waals surface area contributed by atoms with Crippen molar-refractivity contribution in [2.24, 2.45) is 0 Å². The summed E-state index contributed by atoms with van der Waals surface area (Å²) in [6, 6.07) is 18.0. The summed E-state index contributed by atoms with van der Waals surface area (Å²) in [5, 5.41) is 11.2. The number of hydrogen-bond donors (Lipinski definition) is 1. The van der Waals surface area contributed by atoms with E-state index in [9.17, 15) is 14.7 Å². The molecule has 3 heterocycles. The second kappa shape index (κ2) is 9.74. The van der Waals surface area contributed by atoms with Gasteiger partial charge in [0.05, 0.1) is 11.6 Å². The molecule has 1 atom stereocenters. The normalized spacial score (nSPS) is 19.9. The molecule has 1 amide bonds. The number of aromatic nitrogens is 1. The van der Waals surface area contributed by atoms with Gasteiger partial charge < -0.3 is 10.0 Å². The summed E-state index contributed by atoms with van der Waals surface area (Å²) in [6.07, 6.45) is 7.76. The zero-order valence-corrected chi connectivity index (χ0v) is 19.9. The van der Waals surface area contributed by atoms with Crippen LogP contribution in [0, 0.1) is 0 Å². The van der Waals surface area contributed by atoms with Crippen molar-refractivity contribution in [2.75, 3.05) is 22.9 Å². The summed E-state index contributed by atoms with van der Waals surface area (Å²) < 4.78 is 0. The lowest BCUT2D eigenvalue weighted by molar-refractivity contribution is -0.132. The van der Waals surface area contributed by atoms with Crippen molar-refractivity contribution in [2.45, 2.75) is 38.6 Å². The van der Waals surface area contributed by atoms with Gasteiger partial charge >= 0.3 is 0 Å². The Labute approximate surface area is 205 Å². The van der Waals surface area contributed by atoms with Crippen LogP contribution >= 0.6 is 0 Å². The van der Waals surface area contributed by atoms with Crippen molar-refractivity contribution >= 4 is 28.8 Å². The third-order valence-corrected chi connectivity index (χ3v) is 6.93. The van der Waals surface area contributed by atoms with Gasteiger partial charge in [0.25, 0.3) is 11.7 Å². The van der Waals surface area contributed by atoms with E-state index in [-0.39, 0.29) is 11.3 Å². The molecule has 1 aromatic heterocycles. The Bertz CT molecular complexity index is 1240. The molecule has 0 radical (unpaired) electrons. The molecule has 2 aromatic carbocycles. The number of anilines is 2. The number of aryl methyl sites for hydroxylation is 1. The molecule has 5 rings (SSSR count). The van der Waals surface area contributed by atoms with Crippen LogP contribution < -0.4 is 9.80 Å². The fourth-order valence-electron chi connectivity index (χ4n) is 4.98. The van der Waals surface area contributed by atoms with Crippen molar-refractivity contribution in [1.29, 1.82) is 0 Å². The van der Waals surface area contributed by atoms with Crippen LogP contribution in [0.2, 0.25) is 0 Å². The minimum absolute atomic E-state index is 0.0763. The molecule has 2 aliphatic rings. The predicted octanol–water partition coefficient (Wildman–Crippen LogP) is 5.26. The molecular weight excluding hydrogens is 438 g/mol. The fraction of sp³-hybridized carbons (Fsp3) is 0.276. The number of benzene rings is 2. The molecule has 3 aromatic rings. The molecule has 6 heteroatoms. The maximum atomic E-state index is 13.3. The lowest BCUT2D eigenvalue weighted by Crippen LogP contribution is -2.30. The van der Waals surface area contributed by atoms with E-state index >= 15 is 0 Å². The highest BCUT2D eigenvalue weighted by atomic mass is 16.3. The Kier molecular flexibility index (Phi) is 6.36. The minimum Gasteiger partial charge on any atom is -0.507 e. The second-order valence-electron chi connectivity index (χ2n) is 9.07. The first kappa shape index (κ1) is 22.8. The number of ketones is 1. The number of pyridine rings is 1. The van der Waals surface area contributed by atoms with Crippen LogP contribution in [0.3, 0.4) is 0 Å². The van der Waals surface area contributed by atoms with Gasteiger partial charge in [-0.15, -0.1) is 0 Å². The lowest BCUT2D eigenvalue weighted by Gasteiger charge is -2.30. The van der Waals surface area contributed by atoms with Gasteiger partial charge in [-0.2, -0.15) is 0 Å². The molecule has 35 heavy (non-hydrogen) atoms. The molecule has 2 saturated heterocycles. The van der Waals surface area contributed by atoms with E-state index in [1.54, 1.807) is 30.6 Å². The standard InChI is InChI=1S/C29H29N3O3/c1-2-20-8-10-21(11-9-20)27(33)25-26(22-7-6-16-30-19-22)32(29(35)28(25)34)24-14-12-23(13-15-24)31-17-4-3-5-18-31/h6-16,19,26,33H,2-5,17-18H2,1H3/b27-25+. The Balaban J connectivity index is 1.58. The Morgan fingerprint density at radius 2 is 1.63 bits per heavy atom. The van der Waals surface area contributed by atoms with Crippen molar-refractivity contribution in [3.8, 4) is 0 Å². The van der Waals surface area contributed by atoms with Gasteiger partial charge in [0.1, 0.15) is 5.76 Å². The molecule has 0 aliphatic carbocycles. The number of carbonyl (C=O) groups is 2. The van der Waals surface area contributed by atoms with Gasteiger partial charge in [-0.25, -0.2) is 0 Å². The Morgan fingerprint density at radius 1 is 0.943 bits per heavy atom.